The maximum absolute atomic E-state index is 13.4. The van der Waals surface area contributed by atoms with E-state index < -0.39 is 0 Å². The number of methoxy groups -OCH3 is 2. The van der Waals surface area contributed by atoms with Gasteiger partial charge in [0.2, 0.25) is 0 Å². The highest BCUT2D eigenvalue weighted by atomic mass is 19.1. The van der Waals surface area contributed by atoms with Crippen LogP contribution < -0.4 is 19.7 Å². The van der Waals surface area contributed by atoms with Crippen molar-refractivity contribution < 1.29 is 13.9 Å². The third kappa shape index (κ3) is 4.12. The van der Waals surface area contributed by atoms with Gasteiger partial charge in [0.1, 0.15) is 28.7 Å². The fraction of sp³-hybridized carbons (Fsp3) is 0.348. The normalized spacial score (nSPS) is 13.8. The van der Waals surface area contributed by atoms with E-state index in [1.807, 2.05) is 18.2 Å². The third-order valence-electron chi connectivity index (χ3n) is 5.34. The van der Waals surface area contributed by atoms with Gasteiger partial charge in [0.15, 0.2) is 0 Å². The summed E-state index contributed by atoms with van der Waals surface area (Å²) in [4.78, 5) is 7.33. The van der Waals surface area contributed by atoms with E-state index in [9.17, 15) is 4.39 Å². The van der Waals surface area contributed by atoms with Crippen LogP contribution in [0.25, 0.3) is 10.9 Å². The number of aromatic nitrogens is 1. The lowest BCUT2D eigenvalue weighted by Crippen LogP contribution is -2.23. The number of hydrogen-bond donors (Lipinski definition) is 1. The molecule has 5 nitrogen and oxygen atoms in total. The van der Waals surface area contributed by atoms with E-state index in [1.54, 1.807) is 26.4 Å². The first-order valence-electron chi connectivity index (χ1n) is 9.94. The summed E-state index contributed by atoms with van der Waals surface area (Å²) in [6.45, 7) is 3.22. The molecule has 0 atom stereocenters. The molecule has 1 fully saturated rings. The van der Waals surface area contributed by atoms with Crippen LogP contribution in [0, 0.1) is 5.82 Å². The number of fused-ring (bicyclic) bond motifs is 1. The molecule has 2 aromatic carbocycles. The van der Waals surface area contributed by atoms with Crippen LogP contribution in [0.1, 0.15) is 24.0 Å². The summed E-state index contributed by atoms with van der Waals surface area (Å²) < 4.78 is 24.6. The fourth-order valence-electron chi connectivity index (χ4n) is 3.90. The first-order chi connectivity index (χ1) is 14.2. The molecule has 2 heterocycles. The lowest BCUT2D eigenvalue weighted by Gasteiger charge is -2.22. The van der Waals surface area contributed by atoms with Crippen LogP contribution in [-0.4, -0.2) is 32.3 Å². The van der Waals surface area contributed by atoms with Gasteiger partial charge in [-0.25, -0.2) is 9.37 Å². The van der Waals surface area contributed by atoms with Crippen molar-refractivity contribution in [3.8, 4) is 11.5 Å². The average Bonchev–Trinajstić information content (AvgIpc) is 3.27. The van der Waals surface area contributed by atoms with Gasteiger partial charge in [-0.2, -0.15) is 0 Å². The van der Waals surface area contributed by atoms with Crippen molar-refractivity contribution >= 4 is 16.7 Å². The maximum atomic E-state index is 13.4. The van der Waals surface area contributed by atoms with Crippen molar-refractivity contribution in [1.82, 2.24) is 10.3 Å². The van der Waals surface area contributed by atoms with Gasteiger partial charge < -0.3 is 19.7 Å². The molecule has 1 aromatic heterocycles. The summed E-state index contributed by atoms with van der Waals surface area (Å²) >= 11 is 0. The number of anilines is 1. The number of nitrogens with zero attached hydrogens (tertiary/aromatic N) is 2. The molecular formula is C23H26FN3O2. The Morgan fingerprint density at radius 2 is 1.76 bits per heavy atom. The van der Waals surface area contributed by atoms with Crippen LogP contribution >= 0.6 is 0 Å². The molecule has 152 valence electrons. The third-order valence-corrected chi connectivity index (χ3v) is 5.34. The van der Waals surface area contributed by atoms with E-state index in [4.69, 9.17) is 14.5 Å². The Morgan fingerprint density at radius 3 is 2.48 bits per heavy atom. The van der Waals surface area contributed by atoms with Crippen molar-refractivity contribution in [2.45, 2.75) is 25.9 Å². The second-order valence-corrected chi connectivity index (χ2v) is 7.26. The molecule has 0 radical (unpaired) electrons. The van der Waals surface area contributed by atoms with E-state index in [0.717, 1.165) is 52.4 Å². The molecule has 3 aromatic rings. The van der Waals surface area contributed by atoms with E-state index in [0.29, 0.717) is 13.1 Å². The predicted molar refractivity (Wildman–Crippen MR) is 113 cm³/mol. The zero-order valence-electron chi connectivity index (χ0n) is 16.9. The Labute approximate surface area is 170 Å². The highest BCUT2D eigenvalue weighted by molar-refractivity contribution is 5.92. The van der Waals surface area contributed by atoms with Crippen molar-refractivity contribution in [3.05, 3.63) is 59.4 Å². The summed E-state index contributed by atoms with van der Waals surface area (Å²) in [5.74, 6) is 2.27. The molecule has 1 N–H and O–H groups in total. The monoisotopic (exact) mass is 395 g/mol. The Bertz CT molecular complexity index is 1000. The van der Waals surface area contributed by atoms with Crippen LogP contribution in [0.2, 0.25) is 0 Å². The van der Waals surface area contributed by atoms with Gasteiger partial charge >= 0.3 is 0 Å². The van der Waals surface area contributed by atoms with E-state index in [1.165, 1.54) is 18.9 Å². The first-order valence-corrected chi connectivity index (χ1v) is 9.94. The number of rotatable bonds is 7. The number of hydrogen-bond acceptors (Lipinski definition) is 5. The molecule has 0 unspecified atom stereocenters. The summed E-state index contributed by atoms with van der Waals surface area (Å²) in [7, 11) is 3.32. The second kappa shape index (κ2) is 8.66. The zero-order chi connectivity index (χ0) is 20.2. The topological polar surface area (TPSA) is 46.6 Å². The lowest BCUT2D eigenvalue weighted by molar-refractivity contribution is 0.409. The second-order valence-electron chi connectivity index (χ2n) is 7.26. The smallest absolute Gasteiger partial charge is 0.145 e. The Hall–Kier alpha value is -2.86. The number of pyridine rings is 1. The minimum atomic E-state index is -0.216. The molecule has 1 aliphatic rings. The quantitative estimate of drug-likeness (QED) is 0.647. The summed E-state index contributed by atoms with van der Waals surface area (Å²) in [5, 5.41) is 4.36. The SMILES string of the molecule is COc1ccc(OC)c2nc(N3CCCC3)c(CNCc3cccc(F)c3)cc12. The lowest BCUT2D eigenvalue weighted by atomic mass is 10.1. The molecule has 1 aliphatic heterocycles. The minimum Gasteiger partial charge on any atom is -0.496 e. The highest BCUT2D eigenvalue weighted by Crippen LogP contribution is 2.36. The average molecular weight is 395 g/mol. The van der Waals surface area contributed by atoms with Crippen LogP contribution in [0.15, 0.2) is 42.5 Å². The predicted octanol–water partition coefficient (Wildman–Crippen LogP) is 4.28. The van der Waals surface area contributed by atoms with Crippen LogP contribution in [0.4, 0.5) is 10.2 Å². The van der Waals surface area contributed by atoms with Crippen LogP contribution in [0.3, 0.4) is 0 Å². The molecule has 0 saturated carbocycles. The molecular weight excluding hydrogens is 369 g/mol. The molecule has 29 heavy (non-hydrogen) atoms. The van der Waals surface area contributed by atoms with Gasteiger partial charge in [-0.15, -0.1) is 0 Å². The molecule has 6 heteroatoms. The van der Waals surface area contributed by atoms with Gasteiger partial charge in [-0.05, 0) is 48.7 Å². The van der Waals surface area contributed by atoms with Crippen molar-refractivity contribution in [1.29, 1.82) is 0 Å². The van der Waals surface area contributed by atoms with Crippen molar-refractivity contribution in [2.24, 2.45) is 0 Å². The Kier molecular flexibility index (Phi) is 5.81. The summed E-state index contributed by atoms with van der Waals surface area (Å²) in [6.07, 6.45) is 2.34. The van der Waals surface area contributed by atoms with Gasteiger partial charge in [0.05, 0.1) is 14.2 Å². The van der Waals surface area contributed by atoms with Gasteiger partial charge in [0.25, 0.3) is 0 Å². The molecule has 1 saturated heterocycles. The maximum Gasteiger partial charge on any atom is 0.145 e. The highest BCUT2D eigenvalue weighted by Gasteiger charge is 2.20. The molecule has 0 bridgehead atoms. The largest absolute Gasteiger partial charge is 0.496 e. The van der Waals surface area contributed by atoms with Crippen molar-refractivity contribution in [2.75, 3.05) is 32.2 Å². The Morgan fingerprint density at radius 1 is 1.00 bits per heavy atom. The van der Waals surface area contributed by atoms with E-state index in [2.05, 4.69) is 16.3 Å². The van der Waals surface area contributed by atoms with Gasteiger partial charge in [-0.3, -0.25) is 0 Å². The molecule has 0 spiro atoms. The van der Waals surface area contributed by atoms with Crippen LogP contribution in [-0.2, 0) is 13.1 Å². The number of nitrogens with one attached hydrogen (secondary N) is 1. The van der Waals surface area contributed by atoms with Crippen LogP contribution in [0.5, 0.6) is 11.5 Å². The molecule has 0 amide bonds. The van der Waals surface area contributed by atoms with Gasteiger partial charge in [-0.1, -0.05) is 12.1 Å². The molecule has 4 rings (SSSR count). The standard InChI is InChI=1S/C23H26FN3O2/c1-28-20-8-9-21(29-2)22-19(20)13-17(23(26-22)27-10-3-4-11-27)15-25-14-16-6-5-7-18(24)12-16/h5-9,12-13,25H,3-4,10-11,14-15H2,1-2H3. The number of halogens is 1. The minimum absolute atomic E-state index is 0.216. The van der Waals surface area contributed by atoms with E-state index >= 15 is 0 Å². The Balaban J connectivity index is 1.69. The van der Waals surface area contributed by atoms with Gasteiger partial charge in [0, 0.05) is 37.1 Å². The van der Waals surface area contributed by atoms with E-state index in [-0.39, 0.29) is 5.82 Å². The molecule has 0 aliphatic carbocycles. The fourth-order valence-corrected chi connectivity index (χ4v) is 3.90. The zero-order valence-corrected chi connectivity index (χ0v) is 16.9. The van der Waals surface area contributed by atoms with Crippen molar-refractivity contribution in [3.63, 3.8) is 0 Å². The summed E-state index contributed by atoms with van der Waals surface area (Å²) in [6, 6.07) is 12.6. The summed E-state index contributed by atoms with van der Waals surface area (Å²) in [5.41, 5.74) is 2.82. The first kappa shape index (κ1) is 19.5. The number of benzene rings is 2. The number of ether oxygens (including phenoxy) is 2.